The van der Waals surface area contributed by atoms with Crippen LogP contribution in [0.5, 0.6) is 11.5 Å². The Labute approximate surface area is 128 Å². The minimum Gasteiger partial charge on any atom is -0.493 e. The van der Waals surface area contributed by atoms with Crippen LogP contribution in [-0.2, 0) is 4.74 Å². The third-order valence-corrected chi connectivity index (χ3v) is 2.81. The molecule has 1 heterocycles. The number of nitrogens with one attached hydrogen (secondary N) is 2. The molecule has 0 atom stereocenters. The molecule has 0 saturated carbocycles. The lowest BCUT2D eigenvalue weighted by Crippen LogP contribution is -2.10. The van der Waals surface area contributed by atoms with Gasteiger partial charge in [0.1, 0.15) is 0 Å². The average molecular weight is 305 g/mol. The number of hydrogen-bond acceptors (Lipinski definition) is 8. The van der Waals surface area contributed by atoms with Crippen LogP contribution in [0.2, 0.25) is 0 Å². The summed E-state index contributed by atoms with van der Waals surface area (Å²) < 4.78 is 15.4. The quantitative estimate of drug-likeness (QED) is 0.712. The highest BCUT2D eigenvalue weighted by Crippen LogP contribution is 2.30. The monoisotopic (exact) mass is 305 g/mol. The smallest absolute Gasteiger partial charge is 0.249 e. The van der Waals surface area contributed by atoms with Gasteiger partial charge in [0.2, 0.25) is 5.95 Å². The van der Waals surface area contributed by atoms with E-state index in [0.717, 1.165) is 5.69 Å². The standard InChI is InChI=1S/C14H19N5O3/c1-20-7-6-15-13-9-16-19-14(18-13)17-10-4-5-11(21-2)12(8-10)22-3/h4-5,8-9H,6-7H2,1-3H3,(H2,15,17,18,19). The molecule has 1 aromatic heterocycles. The first-order chi connectivity index (χ1) is 10.8. The fraction of sp³-hybridized carbons (Fsp3) is 0.357. The number of benzene rings is 1. The number of nitrogens with zero attached hydrogens (tertiary/aromatic N) is 3. The van der Waals surface area contributed by atoms with Crippen molar-refractivity contribution in [2.45, 2.75) is 0 Å². The topological polar surface area (TPSA) is 90.4 Å². The van der Waals surface area contributed by atoms with Gasteiger partial charge in [-0.1, -0.05) is 0 Å². The van der Waals surface area contributed by atoms with E-state index in [1.54, 1.807) is 39.7 Å². The lowest BCUT2D eigenvalue weighted by atomic mass is 10.3. The maximum absolute atomic E-state index is 5.26. The molecule has 0 fully saturated rings. The van der Waals surface area contributed by atoms with Gasteiger partial charge in [0, 0.05) is 25.4 Å². The van der Waals surface area contributed by atoms with Crippen LogP contribution in [0.4, 0.5) is 17.5 Å². The van der Waals surface area contributed by atoms with Gasteiger partial charge in [0.15, 0.2) is 17.3 Å². The number of methoxy groups -OCH3 is 3. The van der Waals surface area contributed by atoms with Crippen molar-refractivity contribution in [3.8, 4) is 11.5 Å². The van der Waals surface area contributed by atoms with Crippen molar-refractivity contribution in [2.24, 2.45) is 0 Å². The second-order valence-corrected chi connectivity index (χ2v) is 4.28. The predicted octanol–water partition coefficient (Wildman–Crippen LogP) is 1.69. The van der Waals surface area contributed by atoms with Crippen LogP contribution >= 0.6 is 0 Å². The molecule has 0 radical (unpaired) electrons. The summed E-state index contributed by atoms with van der Waals surface area (Å²) in [5.41, 5.74) is 0.772. The number of ether oxygens (including phenoxy) is 3. The van der Waals surface area contributed by atoms with Crippen molar-refractivity contribution < 1.29 is 14.2 Å². The molecule has 0 unspecified atom stereocenters. The zero-order chi connectivity index (χ0) is 15.8. The van der Waals surface area contributed by atoms with Crippen LogP contribution in [0.1, 0.15) is 0 Å². The highest BCUT2D eigenvalue weighted by molar-refractivity contribution is 5.60. The predicted molar refractivity (Wildman–Crippen MR) is 83.0 cm³/mol. The van der Waals surface area contributed by atoms with Crippen molar-refractivity contribution in [3.05, 3.63) is 24.4 Å². The minimum absolute atomic E-state index is 0.384. The van der Waals surface area contributed by atoms with Crippen LogP contribution < -0.4 is 20.1 Å². The van der Waals surface area contributed by atoms with Gasteiger partial charge < -0.3 is 24.8 Å². The number of aromatic nitrogens is 3. The Morgan fingerprint density at radius 3 is 2.64 bits per heavy atom. The van der Waals surface area contributed by atoms with E-state index < -0.39 is 0 Å². The van der Waals surface area contributed by atoms with E-state index in [-0.39, 0.29) is 0 Å². The van der Waals surface area contributed by atoms with Crippen molar-refractivity contribution in [1.29, 1.82) is 0 Å². The third kappa shape index (κ3) is 4.19. The first-order valence-electron chi connectivity index (χ1n) is 6.68. The van der Waals surface area contributed by atoms with Gasteiger partial charge in [0.05, 0.1) is 27.0 Å². The summed E-state index contributed by atoms with van der Waals surface area (Å²) in [7, 11) is 4.82. The summed E-state index contributed by atoms with van der Waals surface area (Å²) in [5.74, 6) is 2.28. The lowest BCUT2D eigenvalue weighted by Gasteiger charge is -2.10. The van der Waals surface area contributed by atoms with E-state index in [9.17, 15) is 0 Å². The fourth-order valence-electron chi connectivity index (χ4n) is 1.77. The molecule has 1 aromatic carbocycles. The second kappa shape index (κ2) is 7.99. The van der Waals surface area contributed by atoms with Gasteiger partial charge in [0.25, 0.3) is 0 Å². The molecule has 22 heavy (non-hydrogen) atoms. The minimum atomic E-state index is 0.384. The lowest BCUT2D eigenvalue weighted by molar-refractivity contribution is 0.210. The summed E-state index contributed by atoms with van der Waals surface area (Å²) in [4.78, 5) is 4.31. The molecule has 0 amide bonds. The Bertz CT molecular complexity index is 609. The van der Waals surface area contributed by atoms with Crippen LogP contribution in [0, 0.1) is 0 Å². The molecule has 2 N–H and O–H groups in total. The molecular formula is C14H19N5O3. The maximum atomic E-state index is 5.26. The maximum Gasteiger partial charge on any atom is 0.249 e. The Hall–Kier alpha value is -2.61. The summed E-state index contributed by atoms with van der Waals surface area (Å²) in [6.07, 6.45) is 1.55. The summed E-state index contributed by atoms with van der Waals surface area (Å²) in [6, 6.07) is 5.44. The van der Waals surface area contributed by atoms with Crippen LogP contribution in [0.25, 0.3) is 0 Å². The van der Waals surface area contributed by atoms with Crippen molar-refractivity contribution in [1.82, 2.24) is 15.2 Å². The van der Waals surface area contributed by atoms with Gasteiger partial charge in [-0.05, 0) is 12.1 Å². The van der Waals surface area contributed by atoms with Crippen LogP contribution in [0.15, 0.2) is 24.4 Å². The Kier molecular flexibility index (Phi) is 5.73. The zero-order valence-corrected chi connectivity index (χ0v) is 12.8. The normalized spacial score (nSPS) is 10.1. The van der Waals surface area contributed by atoms with E-state index in [1.165, 1.54) is 0 Å². The highest BCUT2D eigenvalue weighted by atomic mass is 16.5. The van der Waals surface area contributed by atoms with E-state index in [4.69, 9.17) is 14.2 Å². The molecule has 2 rings (SSSR count). The summed E-state index contributed by atoms with van der Waals surface area (Å²) in [5, 5.41) is 14.0. The first-order valence-corrected chi connectivity index (χ1v) is 6.68. The van der Waals surface area contributed by atoms with Gasteiger partial charge >= 0.3 is 0 Å². The molecule has 2 aromatic rings. The van der Waals surface area contributed by atoms with E-state index in [1.807, 2.05) is 6.07 Å². The highest BCUT2D eigenvalue weighted by Gasteiger charge is 2.06. The van der Waals surface area contributed by atoms with Crippen molar-refractivity contribution >= 4 is 17.5 Å². The van der Waals surface area contributed by atoms with Gasteiger partial charge in [-0.25, -0.2) is 0 Å². The molecule has 0 saturated heterocycles. The molecule has 0 aliphatic heterocycles. The van der Waals surface area contributed by atoms with E-state index >= 15 is 0 Å². The SMILES string of the molecule is COCCNc1cnnc(Nc2ccc(OC)c(OC)c2)n1. The largest absolute Gasteiger partial charge is 0.493 e. The zero-order valence-electron chi connectivity index (χ0n) is 12.8. The van der Waals surface area contributed by atoms with Crippen LogP contribution in [0.3, 0.4) is 0 Å². The van der Waals surface area contributed by atoms with Crippen LogP contribution in [-0.4, -0.2) is 49.7 Å². The Morgan fingerprint density at radius 1 is 1.09 bits per heavy atom. The van der Waals surface area contributed by atoms with Gasteiger partial charge in [-0.2, -0.15) is 10.1 Å². The van der Waals surface area contributed by atoms with Gasteiger partial charge in [-0.15, -0.1) is 5.10 Å². The fourth-order valence-corrected chi connectivity index (χ4v) is 1.77. The molecule has 0 aliphatic rings. The first kappa shape index (κ1) is 15.8. The van der Waals surface area contributed by atoms with E-state index in [0.29, 0.717) is 36.4 Å². The second-order valence-electron chi connectivity index (χ2n) is 4.28. The molecule has 118 valence electrons. The average Bonchev–Trinajstić information content (AvgIpc) is 2.55. The molecule has 8 heteroatoms. The number of rotatable bonds is 8. The van der Waals surface area contributed by atoms with E-state index in [2.05, 4.69) is 25.8 Å². The number of anilines is 3. The Morgan fingerprint density at radius 2 is 1.91 bits per heavy atom. The summed E-state index contributed by atoms with van der Waals surface area (Å²) >= 11 is 0. The number of hydrogen-bond donors (Lipinski definition) is 2. The molecular weight excluding hydrogens is 286 g/mol. The van der Waals surface area contributed by atoms with Gasteiger partial charge in [-0.3, -0.25) is 0 Å². The molecule has 0 aliphatic carbocycles. The van der Waals surface area contributed by atoms with Crippen molar-refractivity contribution in [3.63, 3.8) is 0 Å². The Balaban J connectivity index is 2.08. The third-order valence-electron chi connectivity index (χ3n) is 2.81. The summed E-state index contributed by atoms with van der Waals surface area (Å²) in [6.45, 7) is 1.23. The molecule has 8 nitrogen and oxygen atoms in total. The van der Waals surface area contributed by atoms with Crippen molar-refractivity contribution in [2.75, 3.05) is 45.1 Å². The molecule has 0 bridgehead atoms. The molecule has 0 spiro atoms.